The lowest BCUT2D eigenvalue weighted by Gasteiger charge is -2.42. The van der Waals surface area contributed by atoms with E-state index in [9.17, 15) is 71.9 Å². The highest BCUT2D eigenvalue weighted by Crippen LogP contribution is 2.70. The van der Waals surface area contributed by atoms with Crippen LogP contribution < -0.4 is 5.32 Å². The standard InChI is InChI=1S/C17H24O5.C16H22O6.C15H21NO4.C14H18O6.C10H12O3.C7H14O2/c1-6-15(2,3)12(18)21-11-8-9-7-10(11)17(5)14(20)22-13(19)16(9,17)4;1-5-16(2,3)15(19)21-12-8-6-7(11(12)20-4)9-10(8)14(18)22-13(9)17;1-4-15(2,3)14(19)16-9-6-7-5-8(9)11-10(7)12(17)20-13(11)18;1-4-14(2,3)13(17)19-7-5-6-8-9(10(7)18-6)12(16)20-11(8)15;11-8-4-7-5-1-2-6(3-5)9(7)10(12)13-8;1-5-7(2,3)6(8)9-4/h9-11H,6-8H2,1-5H3;7-12H,5-6H2,1-4H3;7-11H,4-6H2,1-3H3,(H,16,19);6-10H,4-5H2,1-3H3;5-7,9H,1-4H2;5H2,1-4H3. The number of fused-ring (bicyclic) bond motifs is 25. The van der Waals surface area contributed by atoms with E-state index in [0.29, 0.717) is 62.7 Å². The van der Waals surface area contributed by atoms with Crippen LogP contribution in [-0.4, -0.2) is 146 Å². The van der Waals surface area contributed by atoms with Crippen LogP contribution in [0.1, 0.15) is 214 Å². The van der Waals surface area contributed by atoms with Crippen molar-refractivity contribution in [3.8, 4) is 0 Å². The molecule has 0 aromatic rings. The molecule has 0 aromatic heterocycles. The van der Waals surface area contributed by atoms with E-state index in [4.69, 9.17) is 37.9 Å². The third kappa shape index (κ3) is 14.1. The number of hydrogen-bond acceptors (Lipinski definition) is 26. The minimum absolute atomic E-state index is 0.0121. The van der Waals surface area contributed by atoms with Crippen molar-refractivity contribution < 1.29 is 124 Å². The van der Waals surface area contributed by atoms with Crippen molar-refractivity contribution in [2.24, 2.45) is 133 Å². The Kier molecular flexibility index (Phi) is 22.9. The number of methoxy groups -OCH3 is 2. The van der Waals surface area contributed by atoms with Crippen molar-refractivity contribution in [2.75, 3.05) is 14.2 Å². The van der Waals surface area contributed by atoms with E-state index in [1.165, 1.54) is 13.5 Å². The van der Waals surface area contributed by atoms with Gasteiger partial charge in [-0.3, -0.25) is 71.9 Å². The van der Waals surface area contributed by atoms with Gasteiger partial charge >= 0.3 is 83.6 Å². The highest BCUT2D eigenvalue weighted by atomic mass is 16.6. The smallest absolute Gasteiger partial charge is 0.321 e. The molecule has 27 heteroatoms. The molecular weight excluding hydrogens is 1380 g/mol. The Morgan fingerprint density at radius 1 is 0.425 bits per heavy atom. The number of carbonyl (C=O) groups excluding carboxylic acids is 15. The van der Waals surface area contributed by atoms with Crippen LogP contribution >= 0.6 is 0 Å². The lowest BCUT2D eigenvalue weighted by Crippen LogP contribution is -2.51. The highest BCUT2D eigenvalue weighted by Gasteiger charge is 2.78. The fourth-order valence-electron chi connectivity index (χ4n) is 19.5. The van der Waals surface area contributed by atoms with E-state index >= 15 is 0 Å². The van der Waals surface area contributed by atoms with E-state index in [1.807, 2.05) is 111 Å². The number of carbonyl (C=O) groups is 15. The molecule has 15 aliphatic rings. The summed E-state index contributed by atoms with van der Waals surface area (Å²) >= 11 is 0. The molecule has 10 bridgehead atoms. The maximum Gasteiger partial charge on any atom is 0.321 e. The molecule has 0 radical (unpaired) electrons. The van der Waals surface area contributed by atoms with Crippen molar-refractivity contribution in [1.82, 2.24) is 5.32 Å². The average molecular weight is 1490 g/mol. The predicted octanol–water partition coefficient (Wildman–Crippen LogP) is 8.59. The van der Waals surface area contributed by atoms with Gasteiger partial charge in [-0.05, 0) is 188 Å². The van der Waals surface area contributed by atoms with Crippen molar-refractivity contribution in [3.05, 3.63) is 0 Å². The molecular formula is C79H111NO26. The van der Waals surface area contributed by atoms with Crippen LogP contribution in [0.5, 0.6) is 0 Å². The number of rotatable bonds is 15. The first-order valence-corrected chi connectivity index (χ1v) is 38.4. The lowest BCUT2D eigenvalue weighted by atomic mass is 9.58. The number of nitrogens with one attached hydrogen (secondary N) is 1. The third-order valence-corrected chi connectivity index (χ3v) is 28.5. The van der Waals surface area contributed by atoms with E-state index < -0.39 is 110 Å². The summed E-state index contributed by atoms with van der Waals surface area (Å²) in [5.41, 5.74) is -4.01. The Morgan fingerprint density at radius 2 is 0.887 bits per heavy atom. The van der Waals surface area contributed by atoms with Gasteiger partial charge in [0, 0.05) is 49.2 Å². The number of amides is 1. The van der Waals surface area contributed by atoms with Crippen molar-refractivity contribution in [3.63, 3.8) is 0 Å². The van der Waals surface area contributed by atoms with Gasteiger partial charge in [-0.15, -0.1) is 0 Å². The second-order valence-electron chi connectivity index (χ2n) is 35.8. The lowest BCUT2D eigenvalue weighted by molar-refractivity contribution is -0.176. The molecule has 0 aromatic carbocycles. The zero-order valence-corrected chi connectivity index (χ0v) is 65.0. The van der Waals surface area contributed by atoms with E-state index in [1.54, 1.807) is 14.0 Å². The van der Waals surface area contributed by atoms with Gasteiger partial charge in [-0.1, -0.05) is 48.5 Å². The molecule has 7 heterocycles. The first-order valence-electron chi connectivity index (χ1n) is 38.4. The van der Waals surface area contributed by atoms with Crippen LogP contribution in [-0.2, 0) is 124 Å². The summed E-state index contributed by atoms with van der Waals surface area (Å²) in [5.74, 6) is -6.24. The summed E-state index contributed by atoms with van der Waals surface area (Å²) in [5, 5.41) is 3.09. The van der Waals surface area contributed by atoms with Gasteiger partial charge in [-0.25, -0.2) is 0 Å². The molecule has 25 unspecified atom stereocenters. The maximum atomic E-state index is 12.4. The van der Waals surface area contributed by atoms with Gasteiger partial charge in [0.05, 0.1) is 87.3 Å². The highest BCUT2D eigenvalue weighted by molar-refractivity contribution is 6.03. The number of esters is 14. The van der Waals surface area contributed by atoms with Gasteiger partial charge in [0.1, 0.15) is 30.3 Å². The van der Waals surface area contributed by atoms with Crippen molar-refractivity contribution in [2.45, 2.75) is 257 Å². The summed E-state index contributed by atoms with van der Waals surface area (Å²) < 4.78 is 56.5. The van der Waals surface area contributed by atoms with Crippen LogP contribution in [0.2, 0.25) is 0 Å². The average Bonchev–Trinajstić information content (AvgIpc) is 1.50. The van der Waals surface area contributed by atoms with Crippen LogP contribution in [0.25, 0.3) is 0 Å². The number of ether oxygens (including phenoxy) is 11. The SMILES string of the molecule is CCC(C)(C)C(=O)NC1CC2CC1C1C(=O)OC(=O)C21.CCC(C)(C)C(=O)OC.CCC(C)(C)C(=O)OC1C2CC(C1OC)C1C(=O)OC(=O)C21.CCC(C)(C)C(=O)OC1CC2CC1C1(C)C(=O)OC(=O)C21C.CCC(C)(C)C(=O)OC1CC2OC1C1C(=O)OC(=O)C21.O=C1CC2C3CCC(C3)C2C(=O)O1. The fraction of sp³-hybridized carbons (Fsp3) is 0.810. The second-order valence-corrected chi connectivity index (χ2v) is 35.8. The topological polar surface area (TPSA) is 370 Å². The van der Waals surface area contributed by atoms with Crippen LogP contribution in [0.4, 0.5) is 0 Å². The predicted molar refractivity (Wildman–Crippen MR) is 367 cm³/mol. The normalized spacial score (nSPS) is 38.7. The van der Waals surface area contributed by atoms with Crippen molar-refractivity contribution >= 4 is 89.5 Å². The summed E-state index contributed by atoms with van der Waals surface area (Å²) in [7, 11) is 2.97. The largest absolute Gasteiger partial charge is 0.469 e. The quantitative estimate of drug-likeness (QED) is 0.0910. The van der Waals surface area contributed by atoms with E-state index in [2.05, 4.69) is 19.5 Å². The third-order valence-electron chi connectivity index (χ3n) is 28.5. The maximum absolute atomic E-state index is 12.4. The Balaban J connectivity index is 0.000000139. The van der Waals surface area contributed by atoms with E-state index in [-0.39, 0.29) is 137 Å². The first-order chi connectivity index (χ1) is 49.4. The summed E-state index contributed by atoms with van der Waals surface area (Å²) in [6.45, 7) is 32.0. The first kappa shape index (κ1) is 81.5. The molecule has 106 heavy (non-hydrogen) atoms. The molecule has 0 spiro atoms. The minimum atomic E-state index is -0.867. The van der Waals surface area contributed by atoms with E-state index in [0.717, 1.165) is 44.9 Å². The molecule has 7 saturated heterocycles. The zero-order valence-electron chi connectivity index (χ0n) is 65.0. The van der Waals surface area contributed by atoms with Crippen LogP contribution in [0.3, 0.4) is 0 Å². The van der Waals surface area contributed by atoms with Gasteiger partial charge in [0.2, 0.25) is 5.91 Å². The molecule has 27 nitrogen and oxygen atoms in total. The van der Waals surface area contributed by atoms with Crippen LogP contribution in [0, 0.1) is 133 Å². The zero-order chi connectivity index (χ0) is 78.5. The Hall–Kier alpha value is -7.03. The molecule has 1 N–H and O–H groups in total. The second kappa shape index (κ2) is 29.8. The number of cyclic esters (lactones) is 10. The summed E-state index contributed by atoms with van der Waals surface area (Å²) in [6.07, 6.45) is 9.30. The number of hydrogen-bond donors (Lipinski definition) is 1. The molecule has 15 rings (SSSR count). The molecule has 15 fully saturated rings. The Labute approximate surface area is 619 Å². The van der Waals surface area contributed by atoms with Crippen molar-refractivity contribution in [1.29, 1.82) is 0 Å². The minimum Gasteiger partial charge on any atom is -0.469 e. The Morgan fingerprint density at radius 3 is 1.42 bits per heavy atom. The molecule has 25 atom stereocenters. The summed E-state index contributed by atoms with van der Waals surface area (Å²) in [6, 6.07) is 0.0121. The van der Waals surface area contributed by atoms with Crippen LogP contribution in [0.15, 0.2) is 0 Å². The summed E-state index contributed by atoms with van der Waals surface area (Å²) in [4.78, 5) is 177. The van der Waals surface area contributed by atoms with Gasteiger partial charge in [0.15, 0.2) is 0 Å². The molecule has 1 amide bonds. The Bertz CT molecular complexity index is 3500. The van der Waals surface area contributed by atoms with Gasteiger partial charge in [-0.2, -0.15) is 0 Å². The monoisotopic (exact) mass is 1490 g/mol. The fourth-order valence-corrected chi connectivity index (χ4v) is 19.5. The van der Waals surface area contributed by atoms with Gasteiger partial charge < -0.3 is 57.4 Å². The molecule has 8 aliphatic carbocycles. The van der Waals surface area contributed by atoms with Gasteiger partial charge in [0.25, 0.3) is 0 Å². The molecule has 588 valence electrons. The molecule has 7 aliphatic heterocycles. The molecule has 8 saturated carbocycles.